The van der Waals surface area contributed by atoms with Crippen molar-refractivity contribution in [2.24, 2.45) is 0 Å². The first-order valence-electron chi connectivity index (χ1n) is 9.27. The van der Waals surface area contributed by atoms with Gasteiger partial charge in [0.15, 0.2) is 6.10 Å². The van der Waals surface area contributed by atoms with Crippen molar-refractivity contribution < 1.29 is 19.0 Å². The molecule has 0 heterocycles. The zero-order valence-corrected chi connectivity index (χ0v) is 16.7. The number of ether oxygens (including phenoxy) is 3. The number of carbonyl (C=O) groups excluding carboxylic acids is 1. The first-order valence-corrected chi connectivity index (χ1v) is 9.27. The average Bonchev–Trinajstić information content (AvgIpc) is 2.70. The molecule has 0 aliphatic rings. The van der Waals surface area contributed by atoms with E-state index in [9.17, 15) is 4.79 Å². The third-order valence-corrected chi connectivity index (χ3v) is 4.55. The van der Waals surface area contributed by atoms with Gasteiger partial charge in [0.1, 0.15) is 17.2 Å². The van der Waals surface area contributed by atoms with Crippen LogP contribution in [0.1, 0.15) is 43.9 Å². The van der Waals surface area contributed by atoms with Crippen molar-refractivity contribution in [1.82, 2.24) is 5.32 Å². The summed E-state index contributed by atoms with van der Waals surface area (Å²) in [5.74, 6) is 2.12. The number of hydrogen-bond acceptors (Lipinski definition) is 4. The minimum absolute atomic E-state index is 0.0735. The number of rotatable bonds is 9. The van der Waals surface area contributed by atoms with Gasteiger partial charge in [0, 0.05) is 0 Å². The molecule has 5 heteroatoms. The Morgan fingerprint density at radius 3 is 2.15 bits per heavy atom. The third-order valence-electron chi connectivity index (χ3n) is 4.55. The lowest BCUT2D eigenvalue weighted by molar-refractivity contribution is -0.128. The molecule has 0 unspecified atom stereocenters. The van der Waals surface area contributed by atoms with Crippen molar-refractivity contribution in [3.05, 3.63) is 53.6 Å². The highest BCUT2D eigenvalue weighted by molar-refractivity contribution is 5.81. The zero-order valence-electron chi connectivity index (χ0n) is 16.7. The maximum Gasteiger partial charge on any atom is 0.261 e. The molecule has 2 atom stereocenters. The lowest BCUT2D eigenvalue weighted by Gasteiger charge is -2.23. The monoisotopic (exact) mass is 371 g/mol. The van der Waals surface area contributed by atoms with Crippen molar-refractivity contribution in [1.29, 1.82) is 0 Å². The lowest BCUT2D eigenvalue weighted by atomic mass is 10.0. The third kappa shape index (κ3) is 5.39. The van der Waals surface area contributed by atoms with Crippen LogP contribution in [0.3, 0.4) is 0 Å². The highest BCUT2D eigenvalue weighted by atomic mass is 16.5. The van der Waals surface area contributed by atoms with E-state index in [2.05, 4.69) is 18.3 Å². The van der Waals surface area contributed by atoms with E-state index in [1.54, 1.807) is 26.4 Å². The van der Waals surface area contributed by atoms with Crippen LogP contribution in [0.25, 0.3) is 0 Å². The number of amides is 1. The van der Waals surface area contributed by atoms with Crippen LogP contribution in [0.2, 0.25) is 0 Å². The molecular formula is C22H29NO4. The van der Waals surface area contributed by atoms with Crippen LogP contribution in [-0.4, -0.2) is 26.2 Å². The molecule has 0 saturated carbocycles. The van der Waals surface area contributed by atoms with Gasteiger partial charge >= 0.3 is 0 Å². The van der Waals surface area contributed by atoms with Crippen molar-refractivity contribution in [2.75, 3.05) is 14.2 Å². The maximum absolute atomic E-state index is 12.8. The van der Waals surface area contributed by atoms with Crippen molar-refractivity contribution in [3.63, 3.8) is 0 Å². The van der Waals surface area contributed by atoms with Crippen molar-refractivity contribution >= 4 is 5.91 Å². The Bertz CT molecular complexity index is 742. The normalized spacial score (nSPS) is 12.8. The molecule has 2 aromatic carbocycles. The highest BCUT2D eigenvalue weighted by Crippen LogP contribution is 2.25. The quantitative estimate of drug-likeness (QED) is 0.708. The molecule has 2 aromatic rings. The number of methoxy groups -OCH3 is 2. The van der Waals surface area contributed by atoms with Gasteiger partial charge < -0.3 is 19.5 Å². The molecule has 27 heavy (non-hydrogen) atoms. The van der Waals surface area contributed by atoms with Crippen LogP contribution in [0.15, 0.2) is 42.5 Å². The maximum atomic E-state index is 12.8. The van der Waals surface area contributed by atoms with Crippen LogP contribution in [0, 0.1) is 6.92 Å². The predicted octanol–water partition coefficient (Wildman–Crippen LogP) is 4.44. The molecule has 0 radical (unpaired) electrons. The van der Waals surface area contributed by atoms with Crippen molar-refractivity contribution in [2.45, 2.75) is 45.8 Å². The van der Waals surface area contributed by atoms with Crippen LogP contribution < -0.4 is 19.5 Å². The number of carbonyl (C=O) groups is 1. The summed E-state index contributed by atoms with van der Waals surface area (Å²) in [6.07, 6.45) is 0.818. The Labute approximate surface area is 161 Å². The highest BCUT2D eigenvalue weighted by Gasteiger charge is 2.22. The van der Waals surface area contributed by atoms with E-state index in [0.29, 0.717) is 12.2 Å². The van der Waals surface area contributed by atoms with Crippen molar-refractivity contribution in [3.8, 4) is 17.2 Å². The van der Waals surface area contributed by atoms with Crippen LogP contribution >= 0.6 is 0 Å². The first kappa shape index (κ1) is 20.6. The number of hydrogen-bond donors (Lipinski definition) is 1. The summed E-state index contributed by atoms with van der Waals surface area (Å²) in [6, 6.07) is 13.1. The second-order valence-corrected chi connectivity index (χ2v) is 6.39. The Morgan fingerprint density at radius 2 is 1.63 bits per heavy atom. The molecule has 0 aliphatic heterocycles. The van der Waals surface area contributed by atoms with Gasteiger partial charge in [-0.3, -0.25) is 4.79 Å². The minimum Gasteiger partial charge on any atom is -0.497 e. The molecule has 0 aliphatic carbocycles. The van der Waals surface area contributed by atoms with Gasteiger partial charge in [0.25, 0.3) is 5.91 Å². The summed E-state index contributed by atoms with van der Waals surface area (Å²) in [5.41, 5.74) is 2.10. The predicted molar refractivity (Wildman–Crippen MR) is 107 cm³/mol. The molecule has 5 nitrogen and oxygen atoms in total. The summed E-state index contributed by atoms with van der Waals surface area (Å²) in [6.45, 7) is 5.99. The van der Waals surface area contributed by atoms with E-state index in [-0.39, 0.29) is 11.9 Å². The van der Waals surface area contributed by atoms with Gasteiger partial charge in [-0.05, 0) is 61.2 Å². The van der Waals surface area contributed by atoms with Gasteiger partial charge in [0.05, 0.1) is 20.3 Å². The van der Waals surface area contributed by atoms with Crippen LogP contribution in [0.5, 0.6) is 17.2 Å². The van der Waals surface area contributed by atoms with E-state index in [4.69, 9.17) is 14.2 Å². The zero-order chi connectivity index (χ0) is 19.8. The second-order valence-electron chi connectivity index (χ2n) is 6.39. The number of nitrogens with one attached hydrogen (secondary N) is 1. The second kappa shape index (κ2) is 9.86. The van der Waals surface area contributed by atoms with Gasteiger partial charge in [-0.1, -0.05) is 26.0 Å². The van der Waals surface area contributed by atoms with Crippen LogP contribution in [0.4, 0.5) is 0 Å². The molecule has 1 N–H and O–H groups in total. The molecule has 0 spiro atoms. The Morgan fingerprint density at radius 1 is 0.963 bits per heavy atom. The molecule has 1 amide bonds. The fourth-order valence-electron chi connectivity index (χ4n) is 2.94. The van der Waals surface area contributed by atoms with E-state index >= 15 is 0 Å². The molecular weight excluding hydrogens is 342 g/mol. The van der Waals surface area contributed by atoms with Crippen LogP contribution in [-0.2, 0) is 4.79 Å². The molecule has 146 valence electrons. The van der Waals surface area contributed by atoms with Gasteiger partial charge in [-0.2, -0.15) is 0 Å². The fourth-order valence-corrected chi connectivity index (χ4v) is 2.94. The molecule has 2 rings (SSSR count). The van der Waals surface area contributed by atoms with E-state index < -0.39 is 6.10 Å². The van der Waals surface area contributed by atoms with Gasteiger partial charge in [-0.15, -0.1) is 0 Å². The molecule has 0 saturated heterocycles. The number of benzene rings is 2. The Kier molecular flexibility index (Phi) is 7.53. The molecule has 0 fully saturated rings. The standard InChI is InChI=1S/C22H29NO4/c1-6-19(16-8-13-21(26-5)15(3)14-16)23-22(24)20(7-2)27-18-11-9-17(25-4)10-12-18/h8-14,19-20H,6-7H2,1-5H3,(H,23,24)/t19-,20-/m1/s1. The lowest BCUT2D eigenvalue weighted by Crippen LogP contribution is -2.39. The topological polar surface area (TPSA) is 56.8 Å². The largest absolute Gasteiger partial charge is 0.497 e. The summed E-state index contributed by atoms with van der Waals surface area (Å²) in [4.78, 5) is 12.8. The summed E-state index contributed by atoms with van der Waals surface area (Å²) in [5, 5.41) is 3.11. The van der Waals surface area contributed by atoms with E-state index in [0.717, 1.165) is 29.0 Å². The number of aryl methyl sites for hydroxylation is 1. The Balaban J connectivity index is 2.07. The summed E-state index contributed by atoms with van der Waals surface area (Å²) in [7, 11) is 3.27. The average molecular weight is 371 g/mol. The Hall–Kier alpha value is -2.69. The fraction of sp³-hybridized carbons (Fsp3) is 0.409. The summed E-state index contributed by atoms with van der Waals surface area (Å²) < 4.78 is 16.3. The molecule has 0 bridgehead atoms. The first-order chi connectivity index (χ1) is 13.0. The van der Waals surface area contributed by atoms with E-state index in [1.165, 1.54) is 0 Å². The van der Waals surface area contributed by atoms with Gasteiger partial charge in [0.2, 0.25) is 0 Å². The summed E-state index contributed by atoms with van der Waals surface area (Å²) >= 11 is 0. The smallest absolute Gasteiger partial charge is 0.261 e. The SMILES string of the molecule is CC[C@@H](Oc1ccc(OC)cc1)C(=O)N[C@H](CC)c1ccc(OC)c(C)c1. The minimum atomic E-state index is -0.549. The molecule has 0 aromatic heterocycles. The van der Waals surface area contributed by atoms with Gasteiger partial charge in [-0.25, -0.2) is 0 Å². The van der Waals surface area contributed by atoms with E-state index in [1.807, 2.05) is 38.1 Å².